The van der Waals surface area contributed by atoms with Gasteiger partial charge in [0.05, 0.1) is 5.60 Å². The lowest BCUT2D eigenvalue weighted by molar-refractivity contribution is -0.165. The first-order chi connectivity index (χ1) is 12.9. The van der Waals surface area contributed by atoms with Gasteiger partial charge in [0, 0.05) is 19.4 Å². The summed E-state index contributed by atoms with van der Waals surface area (Å²) in [7, 11) is 0. The van der Waals surface area contributed by atoms with Gasteiger partial charge in [-0.2, -0.15) is 0 Å². The molecule has 0 spiro atoms. The van der Waals surface area contributed by atoms with Gasteiger partial charge in [0.2, 0.25) is 0 Å². The van der Waals surface area contributed by atoms with Gasteiger partial charge >= 0.3 is 5.97 Å². The van der Waals surface area contributed by atoms with Gasteiger partial charge in [-0.15, -0.1) is 6.58 Å². The second-order valence-electron chi connectivity index (χ2n) is 9.85. The van der Waals surface area contributed by atoms with Gasteiger partial charge in [0.1, 0.15) is 12.2 Å². The van der Waals surface area contributed by atoms with E-state index in [1.807, 2.05) is 13.8 Å². The van der Waals surface area contributed by atoms with E-state index in [1.165, 1.54) is 18.1 Å². The van der Waals surface area contributed by atoms with E-state index < -0.39 is 5.60 Å². The molecule has 0 aromatic carbocycles. The zero-order valence-electron chi connectivity index (χ0n) is 18.9. The number of esters is 1. The molecule has 0 saturated carbocycles. The predicted octanol–water partition coefficient (Wildman–Crippen LogP) is 5.20. The first kappa shape index (κ1) is 23.2. The summed E-state index contributed by atoms with van der Waals surface area (Å²) < 4.78 is 12.1. The van der Waals surface area contributed by atoms with Crippen molar-refractivity contribution >= 4 is 5.97 Å². The van der Waals surface area contributed by atoms with Gasteiger partial charge in [-0.05, 0) is 62.4 Å². The van der Waals surface area contributed by atoms with Crippen molar-refractivity contribution in [2.24, 2.45) is 16.7 Å². The maximum Gasteiger partial charge on any atom is 0.303 e. The summed E-state index contributed by atoms with van der Waals surface area (Å²) >= 11 is 0. The van der Waals surface area contributed by atoms with Crippen LogP contribution in [0, 0.1) is 16.7 Å². The van der Waals surface area contributed by atoms with Crippen molar-refractivity contribution in [2.75, 3.05) is 6.61 Å². The summed E-state index contributed by atoms with van der Waals surface area (Å²) in [4.78, 5) is 12.0. The summed E-state index contributed by atoms with van der Waals surface area (Å²) in [6.45, 7) is 18.7. The number of ether oxygens (including phenoxy) is 2. The third-order valence-electron chi connectivity index (χ3n) is 7.29. The Morgan fingerprint density at radius 2 is 2.04 bits per heavy atom. The molecule has 5 unspecified atom stereocenters. The minimum Gasteiger partial charge on any atom is -0.459 e. The Labute approximate surface area is 171 Å². The fourth-order valence-corrected chi connectivity index (χ4v) is 5.31. The number of hydrogen-bond donors (Lipinski definition) is 1. The van der Waals surface area contributed by atoms with Gasteiger partial charge in [0.25, 0.3) is 0 Å². The zero-order chi connectivity index (χ0) is 21.3. The van der Waals surface area contributed by atoms with Crippen molar-refractivity contribution < 1.29 is 19.4 Å². The van der Waals surface area contributed by atoms with Crippen LogP contribution in [0.25, 0.3) is 0 Å². The monoisotopic (exact) mass is 392 g/mol. The minimum absolute atomic E-state index is 0.00811. The smallest absolute Gasteiger partial charge is 0.303 e. The van der Waals surface area contributed by atoms with Crippen LogP contribution in [0.3, 0.4) is 0 Å². The average molecular weight is 393 g/mol. The second kappa shape index (κ2) is 8.31. The van der Waals surface area contributed by atoms with E-state index in [0.717, 1.165) is 25.7 Å². The van der Waals surface area contributed by atoms with Crippen LogP contribution in [-0.2, 0) is 14.3 Å². The zero-order valence-corrected chi connectivity index (χ0v) is 18.9. The third kappa shape index (κ3) is 4.38. The Morgan fingerprint density at radius 3 is 2.57 bits per heavy atom. The number of hydrogen-bond acceptors (Lipinski definition) is 4. The Balaban J connectivity index is 2.60. The van der Waals surface area contributed by atoms with E-state index in [0.29, 0.717) is 13.0 Å². The number of carbonyl (C=O) groups excluding carboxylic acids is 1. The van der Waals surface area contributed by atoms with Crippen LogP contribution in [-0.4, -0.2) is 35.5 Å². The third-order valence-corrected chi connectivity index (χ3v) is 7.29. The SMILES string of the molecule is C=CC(C)(O)CCC1(C)C2=C(C(OCC)C(OC(C)=O)C1C)C(C)(C)CCC2. The second-order valence-corrected chi connectivity index (χ2v) is 9.85. The largest absolute Gasteiger partial charge is 0.459 e. The van der Waals surface area contributed by atoms with Crippen LogP contribution < -0.4 is 0 Å². The molecule has 0 bridgehead atoms. The van der Waals surface area contributed by atoms with Crippen molar-refractivity contribution in [3.05, 3.63) is 23.8 Å². The highest BCUT2D eigenvalue weighted by Crippen LogP contribution is 2.58. The van der Waals surface area contributed by atoms with Gasteiger partial charge in [-0.3, -0.25) is 4.79 Å². The summed E-state index contributed by atoms with van der Waals surface area (Å²) in [5, 5.41) is 10.6. The molecular weight excluding hydrogens is 352 g/mol. The van der Waals surface area contributed by atoms with E-state index >= 15 is 0 Å². The molecule has 0 amide bonds. The Bertz CT molecular complexity index is 631. The highest BCUT2D eigenvalue weighted by molar-refractivity contribution is 5.66. The van der Waals surface area contributed by atoms with Crippen molar-refractivity contribution in [3.8, 4) is 0 Å². The van der Waals surface area contributed by atoms with Gasteiger partial charge in [0.15, 0.2) is 0 Å². The lowest BCUT2D eigenvalue weighted by Gasteiger charge is -2.55. The van der Waals surface area contributed by atoms with Gasteiger partial charge < -0.3 is 14.6 Å². The summed E-state index contributed by atoms with van der Waals surface area (Å²) in [5.41, 5.74) is 1.73. The fourth-order valence-electron chi connectivity index (χ4n) is 5.31. The maximum atomic E-state index is 12.0. The molecule has 5 atom stereocenters. The highest BCUT2D eigenvalue weighted by Gasteiger charge is 2.54. The Kier molecular flexibility index (Phi) is 6.87. The van der Waals surface area contributed by atoms with Gasteiger partial charge in [-0.1, -0.05) is 39.3 Å². The molecule has 28 heavy (non-hydrogen) atoms. The quantitative estimate of drug-likeness (QED) is 0.478. The van der Waals surface area contributed by atoms with E-state index in [-0.39, 0.29) is 34.9 Å². The molecule has 2 rings (SSSR count). The van der Waals surface area contributed by atoms with Crippen LogP contribution in [0.15, 0.2) is 23.8 Å². The van der Waals surface area contributed by atoms with Crippen LogP contribution in [0.2, 0.25) is 0 Å². The molecule has 0 aliphatic heterocycles. The van der Waals surface area contributed by atoms with Crippen molar-refractivity contribution in [1.82, 2.24) is 0 Å². The molecule has 0 aromatic heterocycles. The van der Waals surface area contributed by atoms with E-state index in [9.17, 15) is 9.90 Å². The molecule has 0 radical (unpaired) electrons. The topological polar surface area (TPSA) is 55.8 Å². The number of carbonyl (C=O) groups is 1. The molecule has 160 valence electrons. The van der Waals surface area contributed by atoms with Crippen molar-refractivity contribution in [1.29, 1.82) is 0 Å². The molecule has 4 heteroatoms. The van der Waals surface area contributed by atoms with E-state index in [4.69, 9.17) is 9.47 Å². The van der Waals surface area contributed by atoms with E-state index in [2.05, 4.69) is 34.3 Å². The summed E-state index contributed by atoms with van der Waals surface area (Å²) in [6.07, 6.45) is 5.87. The lowest BCUT2D eigenvalue weighted by atomic mass is 9.53. The minimum atomic E-state index is -0.901. The first-order valence-corrected chi connectivity index (χ1v) is 10.8. The summed E-state index contributed by atoms with van der Waals surface area (Å²) in [5.74, 6) is -0.166. The molecule has 2 aliphatic carbocycles. The van der Waals surface area contributed by atoms with Crippen molar-refractivity contribution in [3.63, 3.8) is 0 Å². The van der Waals surface area contributed by atoms with Crippen LogP contribution >= 0.6 is 0 Å². The molecule has 2 aliphatic rings. The molecule has 0 aromatic rings. The lowest BCUT2D eigenvalue weighted by Crippen LogP contribution is -2.54. The molecule has 0 heterocycles. The summed E-state index contributed by atoms with van der Waals surface area (Å²) in [6, 6.07) is 0. The van der Waals surface area contributed by atoms with E-state index in [1.54, 1.807) is 6.08 Å². The van der Waals surface area contributed by atoms with Crippen LogP contribution in [0.4, 0.5) is 0 Å². The number of rotatable bonds is 7. The number of aliphatic hydroxyl groups is 1. The normalized spacial score (nSPS) is 34.4. The van der Waals surface area contributed by atoms with Crippen LogP contribution in [0.1, 0.15) is 80.6 Å². The van der Waals surface area contributed by atoms with Crippen LogP contribution in [0.5, 0.6) is 0 Å². The average Bonchev–Trinajstić information content (AvgIpc) is 2.60. The standard InChI is InChI=1S/C24H40O4/c1-9-23(7,26)14-15-24(8)16(3)20(28-17(4)25)21(27-10-2)19-18(24)12-11-13-22(19,5)6/h9,16,20-21,26H,1,10-15H2,2-8H3. The first-order valence-electron chi connectivity index (χ1n) is 10.8. The molecule has 0 fully saturated rings. The highest BCUT2D eigenvalue weighted by atomic mass is 16.6. The maximum absolute atomic E-state index is 12.0. The Hall–Kier alpha value is -1.13. The molecular formula is C24H40O4. The number of allylic oxidation sites excluding steroid dienone is 1. The molecule has 0 saturated heterocycles. The fraction of sp³-hybridized carbons (Fsp3) is 0.792. The van der Waals surface area contributed by atoms with Crippen molar-refractivity contribution in [2.45, 2.75) is 98.4 Å². The molecule has 1 N–H and O–H groups in total. The predicted molar refractivity (Wildman–Crippen MR) is 113 cm³/mol. The molecule has 4 nitrogen and oxygen atoms in total. The van der Waals surface area contributed by atoms with Gasteiger partial charge in [-0.25, -0.2) is 0 Å². The Morgan fingerprint density at radius 1 is 1.39 bits per heavy atom.